The quantitative estimate of drug-likeness (QED) is 0.833. The molecule has 110 valence electrons. The smallest absolute Gasteiger partial charge is 0.150 e. The fourth-order valence-corrected chi connectivity index (χ4v) is 1.97. The maximum Gasteiger partial charge on any atom is 0.150 e. The van der Waals surface area contributed by atoms with Gasteiger partial charge in [0.1, 0.15) is 28.1 Å². The zero-order valence-corrected chi connectivity index (χ0v) is 12.1. The Morgan fingerprint density at radius 1 is 1.24 bits per heavy atom. The van der Waals surface area contributed by atoms with Crippen LogP contribution in [0.2, 0.25) is 0 Å². The SMILES string of the molecule is COc1cccc(CNc2c(F)cc(C(N)=S)cc2F)c1. The predicted molar refractivity (Wildman–Crippen MR) is 82.6 cm³/mol. The van der Waals surface area contributed by atoms with Gasteiger partial charge in [0.15, 0.2) is 0 Å². The molecule has 0 bridgehead atoms. The van der Waals surface area contributed by atoms with E-state index in [0.717, 1.165) is 17.7 Å². The van der Waals surface area contributed by atoms with Crippen LogP contribution >= 0.6 is 12.2 Å². The topological polar surface area (TPSA) is 47.3 Å². The molecule has 0 fully saturated rings. The van der Waals surface area contributed by atoms with Crippen molar-refractivity contribution in [1.29, 1.82) is 0 Å². The molecule has 2 aromatic carbocycles. The van der Waals surface area contributed by atoms with Crippen molar-refractivity contribution in [3.63, 3.8) is 0 Å². The summed E-state index contributed by atoms with van der Waals surface area (Å²) in [4.78, 5) is -0.0489. The van der Waals surface area contributed by atoms with E-state index >= 15 is 0 Å². The van der Waals surface area contributed by atoms with Crippen molar-refractivity contribution in [2.45, 2.75) is 6.54 Å². The second-order valence-corrected chi connectivity index (χ2v) is 4.82. The van der Waals surface area contributed by atoms with E-state index in [0.29, 0.717) is 5.75 Å². The number of hydrogen-bond acceptors (Lipinski definition) is 3. The summed E-state index contributed by atoms with van der Waals surface area (Å²) in [5, 5.41) is 2.73. The van der Waals surface area contributed by atoms with Crippen molar-refractivity contribution in [1.82, 2.24) is 0 Å². The summed E-state index contributed by atoms with van der Waals surface area (Å²) in [6.45, 7) is 0.261. The highest BCUT2D eigenvalue weighted by molar-refractivity contribution is 7.80. The third-order valence-electron chi connectivity index (χ3n) is 2.93. The molecular weight excluding hydrogens is 294 g/mol. The maximum atomic E-state index is 13.9. The van der Waals surface area contributed by atoms with E-state index in [1.807, 2.05) is 6.07 Å². The first kappa shape index (κ1) is 15.2. The summed E-state index contributed by atoms with van der Waals surface area (Å²) in [5.74, 6) is -0.791. The van der Waals surface area contributed by atoms with Gasteiger partial charge in [0.05, 0.1) is 7.11 Å². The molecule has 0 aromatic heterocycles. The van der Waals surface area contributed by atoms with Crippen molar-refractivity contribution in [3.05, 3.63) is 59.2 Å². The first-order valence-electron chi connectivity index (χ1n) is 6.17. The zero-order valence-electron chi connectivity index (χ0n) is 11.3. The van der Waals surface area contributed by atoms with Crippen LogP contribution in [0.15, 0.2) is 36.4 Å². The number of halogens is 2. The number of rotatable bonds is 5. The van der Waals surface area contributed by atoms with E-state index in [9.17, 15) is 8.78 Å². The zero-order chi connectivity index (χ0) is 15.4. The van der Waals surface area contributed by atoms with Crippen LogP contribution in [0.1, 0.15) is 11.1 Å². The third-order valence-corrected chi connectivity index (χ3v) is 3.17. The number of hydrogen-bond donors (Lipinski definition) is 2. The van der Waals surface area contributed by atoms with Crippen molar-refractivity contribution in [2.24, 2.45) is 5.73 Å². The van der Waals surface area contributed by atoms with Crippen molar-refractivity contribution >= 4 is 22.9 Å². The van der Waals surface area contributed by atoms with Crippen LogP contribution in [0.25, 0.3) is 0 Å². The lowest BCUT2D eigenvalue weighted by atomic mass is 10.1. The molecule has 0 radical (unpaired) electrons. The standard InChI is InChI=1S/C15H14F2N2OS/c1-20-11-4-2-3-9(5-11)8-19-14-12(16)6-10(15(18)21)7-13(14)17/h2-7,19H,8H2,1H3,(H2,18,21). The summed E-state index contributed by atoms with van der Waals surface area (Å²) < 4.78 is 32.8. The second-order valence-electron chi connectivity index (χ2n) is 4.38. The second kappa shape index (κ2) is 6.49. The number of nitrogens with two attached hydrogens (primary N) is 1. The van der Waals surface area contributed by atoms with Gasteiger partial charge in [-0.15, -0.1) is 0 Å². The van der Waals surface area contributed by atoms with Gasteiger partial charge in [-0.25, -0.2) is 8.78 Å². The van der Waals surface area contributed by atoms with E-state index in [1.54, 1.807) is 25.3 Å². The Morgan fingerprint density at radius 2 is 1.90 bits per heavy atom. The predicted octanol–water partition coefficient (Wildman–Crippen LogP) is 3.22. The fraction of sp³-hybridized carbons (Fsp3) is 0.133. The van der Waals surface area contributed by atoms with E-state index in [-0.39, 0.29) is 22.8 Å². The Balaban J connectivity index is 2.18. The molecule has 0 aliphatic carbocycles. The minimum Gasteiger partial charge on any atom is -0.497 e. The van der Waals surface area contributed by atoms with Gasteiger partial charge in [0.2, 0.25) is 0 Å². The number of thiocarbonyl (C=S) groups is 1. The first-order valence-corrected chi connectivity index (χ1v) is 6.57. The fourth-order valence-electron chi connectivity index (χ4n) is 1.86. The Labute approximate surface area is 126 Å². The van der Waals surface area contributed by atoms with Crippen LogP contribution in [-0.2, 0) is 6.54 Å². The molecule has 21 heavy (non-hydrogen) atoms. The minimum atomic E-state index is -0.735. The van der Waals surface area contributed by atoms with Crippen LogP contribution in [0.4, 0.5) is 14.5 Å². The van der Waals surface area contributed by atoms with Crippen LogP contribution in [0.3, 0.4) is 0 Å². The summed E-state index contributed by atoms with van der Waals surface area (Å²) in [5.41, 5.74) is 6.15. The average molecular weight is 308 g/mol. The molecule has 3 N–H and O–H groups in total. The van der Waals surface area contributed by atoms with Gasteiger partial charge in [-0.3, -0.25) is 0 Å². The normalized spacial score (nSPS) is 10.2. The summed E-state index contributed by atoms with van der Waals surface area (Å²) in [7, 11) is 1.56. The highest BCUT2D eigenvalue weighted by atomic mass is 32.1. The Kier molecular flexibility index (Phi) is 4.70. The first-order chi connectivity index (χ1) is 10.0. The van der Waals surface area contributed by atoms with E-state index in [4.69, 9.17) is 22.7 Å². The number of nitrogens with one attached hydrogen (secondary N) is 1. The molecule has 0 aliphatic rings. The average Bonchev–Trinajstić information content (AvgIpc) is 2.46. The monoisotopic (exact) mass is 308 g/mol. The van der Waals surface area contributed by atoms with Crippen LogP contribution in [0.5, 0.6) is 5.75 Å². The molecule has 2 aromatic rings. The highest BCUT2D eigenvalue weighted by Crippen LogP contribution is 2.22. The van der Waals surface area contributed by atoms with Gasteiger partial charge < -0.3 is 15.8 Å². The lowest BCUT2D eigenvalue weighted by molar-refractivity contribution is 0.414. The molecule has 0 aliphatic heterocycles. The lowest BCUT2D eigenvalue weighted by Crippen LogP contribution is -2.12. The molecule has 0 amide bonds. The van der Waals surface area contributed by atoms with Crippen molar-refractivity contribution in [2.75, 3.05) is 12.4 Å². The molecule has 0 heterocycles. The van der Waals surface area contributed by atoms with Gasteiger partial charge in [-0.1, -0.05) is 24.4 Å². The van der Waals surface area contributed by atoms with E-state index in [1.165, 1.54) is 0 Å². The molecule has 2 rings (SSSR count). The van der Waals surface area contributed by atoms with Gasteiger partial charge in [-0.2, -0.15) is 0 Å². The molecule has 0 atom stereocenters. The molecule has 0 saturated heterocycles. The molecule has 0 spiro atoms. The number of ether oxygens (including phenoxy) is 1. The van der Waals surface area contributed by atoms with Crippen LogP contribution in [0, 0.1) is 11.6 Å². The molecule has 0 unspecified atom stereocenters. The minimum absolute atomic E-state index is 0.0489. The summed E-state index contributed by atoms with van der Waals surface area (Å²) >= 11 is 4.70. The van der Waals surface area contributed by atoms with E-state index < -0.39 is 11.6 Å². The summed E-state index contributed by atoms with van der Waals surface area (Å²) in [6.07, 6.45) is 0. The third kappa shape index (κ3) is 3.66. The van der Waals surface area contributed by atoms with Gasteiger partial charge in [0.25, 0.3) is 0 Å². The van der Waals surface area contributed by atoms with Gasteiger partial charge in [-0.05, 0) is 29.8 Å². The summed E-state index contributed by atoms with van der Waals surface area (Å²) in [6, 6.07) is 9.43. The largest absolute Gasteiger partial charge is 0.497 e. The van der Waals surface area contributed by atoms with E-state index in [2.05, 4.69) is 5.32 Å². The Hall–Kier alpha value is -2.21. The number of methoxy groups -OCH3 is 1. The van der Waals surface area contributed by atoms with Crippen LogP contribution < -0.4 is 15.8 Å². The van der Waals surface area contributed by atoms with Crippen molar-refractivity contribution in [3.8, 4) is 5.75 Å². The molecule has 0 saturated carbocycles. The molecule has 3 nitrogen and oxygen atoms in total. The molecule has 6 heteroatoms. The molecular formula is C15H14F2N2OS. The number of anilines is 1. The van der Waals surface area contributed by atoms with Gasteiger partial charge >= 0.3 is 0 Å². The highest BCUT2D eigenvalue weighted by Gasteiger charge is 2.12. The Morgan fingerprint density at radius 3 is 2.48 bits per heavy atom. The van der Waals surface area contributed by atoms with Crippen LogP contribution in [-0.4, -0.2) is 12.1 Å². The number of benzene rings is 2. The Bertz CT molecular complexity index is 653. The maximum absolute atomic E-state index is 13.9. The van der Waals surface area contributed by atoms with Crippen molar-refractivity contribution < 1.29 is 13.5 Å². The van der Waals surface area contributed by atoms with Gasteiger partial charge in [0, 0.05) is 12.1 Å². The lowest BCUT2D eigenvalue weighted by Gasteiger charge is -2.11.